The van der Waals surface area contributed by atoms with Crippen molar-refractivity contribution in [3.8, 4) is 17.6 Å². The summed E-state index contributed by atoms with van der Waals surface area (Å²) < 4.78 is 10.5. The standard InChI is InChI=1S/C12H13NO2S/c1-8(7-13)9-5-11(15-3)12(16-4)6-10(9)14-2/h5-6H,1H2,2-4H3. The van der Waals surface area contributed by atoms with Gasteiger partial charge in [-0.05, 0) is 18.4 Å². The molecule has 0 fully saturated rings. The van der Waals surface area contributed by atoms with Gasteiger partial charge in [-0.15, -0.1) is 11.8 Å². The van der Waals surface area contributed by atoms with Crippen molar-refractivity contribution in [1.29, 1.82) is 5.26 Å². The third kappa shape index (κ3) is 2.31. The van der Waals surface area contributed by atoms with Crippen molar-refractivity contribution < 1.29 is 9.47 Å². The van der Waals surface area contributed by atoms with Crippen LogP contribution in [0, 0.1) is 11.3 Å². The molecule has 0 bridgehead atoms. The van der Waals surface area contributed by atoms with Crippen LogP contribution >= 0.6 is 11.8 Å². The van der Waals surface area contributed by atoms with Gasteiger partial charge >= 0.3 is 0 Å². The first-order chi connectivity index (χ1) is 7.67. The van der Waals surface area contributed by atoms with Crippen LogP contribution in [0.4, 0.5) is 0 Å². The zero-order chi connectivity index (χ0) is 12.1. The minimum absolute atomic E-state index is 0.364. The van der Waals surface area contributed by atoms with E-state index in [0.29, 0.717) is 16.9 Å². The first-order valence-electron chi connectivity index (χ1n) is 4.57. The van der Waals surface area contributed by atoms with Crippen LogP contribution in [-0.2, 0) is 0 Å². The van der Waals surface area contributed by atoms with Gasteiger partial charge in [0.25, 0.3) is 0 Å². The Morgan fingerprint density at radius 2 is 1.94 bits per heavy atom. The molecule has 0 aliphatic rings. The summed E-state index contributed by atoms with van der Waals surface area (Å²) in [5, 5.41) is 8.85. The highest BCUT2D eigenvalue weighted by Crippen LogP contribution is 2.36. The largest absolute Gasteiger partial charge is 0.496 e. The average molecular weight is 235 g/mol. The van der Waals surface area contributed by atoms with Gasteiger partial charge in [-0.3, -0.25) is 0 Å². The van der Waals surface area contributed by atoms with Crippen LogP contribution in [0.2, 0.25) is 0 Å². The SMILES string of the molecule is C=C(C#N)c1cc(OC)c(SC)cc1OC. The number of nitrogens with zero attached hydrogens (tertiary/aromatic N) is 1. The molecule has 1 rings (SSSR count). The minimum Gasteiger partial charge on any atom is -0.496 e. The van der Waals surface area contributed by atoms with E-state index in [9.17, 15) is 0 Å². The Kier molecular flexibility index (Phi) is 4.27. The zero-order valence-electron chi connectivity index (χ0n) is 9.53. The van der Waals surface area contributed by atoms with Crippen molar-refractivity contribution in [3.05, 3.63) is 24.3 Å². The molecule has 0 saturated carbocycles. The molecule has 0 aromatic heterocycles. The van der Waals surface area contributed by atoms with Crippen LogP contribution in [0.15, 0.2) is 23.6 Å². The number of hydrogen-bond acceptors (Lipinski definition) is 4. The topological polar surface area (TPSA) is 42.2 Å². The molecule has 0 aliphatic carbocycles. The van der Waals surface area contributed by atoms with E-state index in [4.69, 9.17) is 14.7 Å². The fraction of sp³-hybridized carbons (Fsp3) is 0.250. The number of allylic oxidation sites excluding steroid dienone is 1. The summed E-state index contributed by atoms with van der Waals surface area (Å²) in [6, 6.07) is 5.63. The van der Waals surface area contributed by atoms with Crippen molar-refractivity contribution >= 4 is 17.3 Å². The first kappa shape index (κ1) is 12.5. The Balaban J connectivity index is 3.38. The molecule has 1 aromatic carbocycles. The van der Waals surface area contributed by atoms with E-state index < -0.39 is 0 Å². The second-order valence-electron chi connectivity index (χ2n) is 3.00. The second-order valence-corrected chi connectivity index (χ2v) is 3.85. The van der Waals surface area contributed by atoms with E-state index in [1.54, 1.807) is 32.0 Å². The number of nitriles is 1. The van der Waals surface area contributed by atoms with Gasteiger partial charge in [-0.25, -0.2) is 0 Å². The summed E-state index contributed by atoms with van der Waals surface area (Å²) in [4.78, 5) is 0.967. The molecule has 1 aromatic rings. The maximum Gasteiger partial charge on any atom is 0.133 e. The van der Waals surface area contributed by atoms with Gasteiger partial charge in [0, 0.05) is 5.56 Å². The van der Waals surface area contributed by atoms with Crippen LogP contribution in [0.1, 0.15) is 5.56 Å². The first-order valence-corrected chi connectivity index (χ1v) is 5.79. The predicted octanol–water partition coefficient (Wildman–Crippen LogP) is 2.96. The van der Waals surface area contributed by atoms with Gasteiger partial charge in [-0.1, -0.05) is 6.58 Å². The highest BCUT2D eigenvalue weighted by atomic mass is 32.2. The highest BCUT2D eigenvalue weighted by Gasteiger charge is 2.12. The molecule has 0 unspecified atom stereocenters. The van der Waals surface area contributed by atoms with E-state index in [0.717, 1.165) is 10.6 Å². The number of benzene rings is 1. The second kappa shape index (κ2) is 5.47. The smallest absolute Gasteiger partial charge is 0.133 e. The average Bonchev–Trinajstić information content (AvgIpc) is 2.35. The van der Waals surface area contributed by atoms with E-state index in [1.165, 1.54) is 0 Å². The molecule has 0 amide bonds. The maximum absolute atomic E-state index is 8.85. The van der Waals surface area contributed by atoms with Crippen LogP contribution in [0.25, 0.3) is 5.57 Å². The lowest BCUT2D eigenvalue weighted by Crippen LogP contribution is -1.94. The van der Waals surface area contributed by atoms with E-state index >= 15 is 0 Å². The quantitative estimate of drug-likeness (QED) is 0.594. The summed E-state index contributed by atoms with van der Waals surface area (Å²) >= 11 is 1.56. The molecular weight excluding hydrogens is 222 g/mol. The van der Waals surface area contributed by atoms with Crippen molar-refractivity contribution in [2.75, 3.05) is 20.5 Å². The third-order valence-electron chi connectivity index (χ3n) is 2.17. The molecule has 4 heteroatoms. The lowest BCUT2D eigenvalue weighted by molar-refractivity contribution is 0.393. The molecule has 0 saturated heterocycles. The monoisotopic (exact) mass is 235 g/mol. The number of ether oxygens (including phenoxy) is 2. The molecular formula is C12H13NO2S. The molecule has 0 N–H and O–H groups in total. The molecule has 16 heavy (non-hydrogen) atoms. The van der Waals surface area contributed by atoms with Gasteiger partial charge in [0.15, 0.2) is 0 Å². The molecule has 0 atom stereocenters. The van der Waals surface area contributed by atoms with Gasteiger partial charge in [-0.2, -0.15) is 5.26 Å². The maximum atomic E-state index is 8.85. The van der Waals surface area contributed by atoms with Gasteiger partial charge in [0.05, 0.1) is 30.8 Å². The summed E-state index contributed by atoms with van der Waals surface area (Å²) in [6.45, 7) is 3.68. The lowest BCUT2D eigenvalue weighted by atomic mass is 10.1. The van der Waals surface area contributed by atoms with Crippen LogP contribution < -0.4 is 9.47 Å². The summed E-state index contributed by atoms with van der Waals surface area (Å²) in [6.07, 6.45) is 1.95. The molecule has 0 radical (unpaired) electrons. The summed E-state index contributed by atoms with van der Waals surface area (Å²) in [5.74, 6) is 1.36. The number of hydrogen-bond donors (Lipinski definition) is 0. The predicted molar refractivity (Wildman–Crippen MR) is 66.0 cm³/mol. The number of methoxy groups -OCH3 is 2. The highest BCUT2D eigenvalue weighted by molar-refractivity contribution is 7.98. The van der Waals surface area contributed by atoms with Gasteiger partial charge < -0.3 is 9.47 Å². The molecule has 0 heterocycles. The Bertz CT molecular complexity index is 449. The van der Waals surface area contributed by atoms with Gasteiger partial charge in [0.1, 0.15) is 11.5 Å². The van der Waals surface area contributed by atoms with Crippen molar-refractivity contribution in [2.24, 2.45) is 0 Å². The number of rotatable bonds is 4. The Morgan fingerprint density at radius 1 is 1.31 bits per heavy atom. The third-order valence-corrected chi connectivity index (χ3v) is 2.92. The van der Waals surface area contributed by atoms with Crippen LogP contribution in [-0.4, -0.2) is 20.5 Å². The minimum atomic E-state index is 0.364. The van der Waals surface area contributed by atoms with Crippen LogP contribution in [0.3, 0.4) is 0 Å². The normalized spacial score (nSPS) is 9.38. The fourth-order valence-electron chi connectivity index (χ4n) is 1.33. The molecule has 0 aliphatic heterocycles. The zero-order valence-corrected chi connectivity index (χ0v) is 10.4. The van der Waals surface area contributed by atoms with Crippen molar-refractivity contribution in [1.82, 2.24) is 0 Å². The molecule has 3 nitrogen and oxygen atoms in total. The number of thioether (sulfide) groups is 1. The van der Waals surface area contributed by atoms with Gasteiger partial charge in [0.2, 0.25) is 0 Å². The van der Waals surface area contributed by atoms with Crippen molar-refractivity contribution in [3.63, 3.8) is 0 Å². The Morgan fingerprint density at radius 3 is 2.38 bits per heavy atom. The van der Waals surface area contributed by atoms with E-state index in [1.807, 2.05) is 18.4 Å². The van der Waals surface area contributed by atoms with E-state index in [2.05, 4.69) is 6.58 Å². The van der Waals surface area contributed by atoms with Crippen LogP contribution in [0.5, 0.6) is 11.5 Å². The Hall–Kier alpha value is -1.60. The van der Waals surface area contributed by atoms with E-state index in [-0.39, 0.29) is 0 Å². The molecule has 84 valence electrons. The fourth-order valence-corrected chi connectivity index (χ4v) is 1.89. The summed E-state index contributed by atoms with van der Waals surface area (Å²) in [5.41, 5.74) is 1.03. The lowest BCUT2D eigenvalue weighted by Gasteiger charge is -2.12. The Labute approximate surface area is 99.7 Å². The molecule has 0 spiro atoms. The van der Waals surface area contributed by atoms with Crippen molar-refractivity contribution in [2.45, 2.75) is 4.90 Å². The summed E-state index contributed by atoms with van der Waals surface area (Å²) in [7, 11) is 3.17.